The fourth-order valence-corrected chi connectivity index (χ4v) is 13.6. The van der Waals surface area contributed by atoms with Crippen molar-refractivity contribution in [2.24, 2.45) is 0 Å². The maximum atomic E-state index is 11.9. The van der Waals surface area contributed by atoms with Gasteiger partial charge in [-0.1, -0.05) is 117 Å². The average Bonchev–Trinajstić information content (AvgIpc) is 4.16. The van der Waals surface area contributed by atoms with E-state index < -0.39 is 5.97 Å². The minimum absolute atomic E-state index is 0.278. The molecular weight excluding hydrogens is 963 g/mol. The van der Waals surface area contributed by atoms with E-state index in [9.17, 15) is 15.2 Å². The first-order chi connectivity index (χ1) is 35.8. The van der Waals surface area contributed by atoms with Crippen molar-refractivity contribution in [1.82, 2.24) is 4.57 Å². The highest BCUT2D eigenvalue weighted by Crippen LogP contribution is 2.52. The Balaban J connectivity index is 1.18. The van der Waals surface area contributed by atoms with E-state index in [-0.39, 0.29) is 5.57 Å². The lowest BCUT2D eigenvalue weighted by Crippen LogP contribution is -2.10. The summed E-state index contributed by atoms with van der Waals surface area (Å²) in [5.74, 6) is 1.39. The Morgan fingerprint density at radius 3 is 1.52 bits per heavy atom. The highest BCUT2D eigenvalue weighted by molar-refractivity contribution is 7.36. The van der Waals surface area contributed by atoms with Crippen LogP contribution in [0.5, 0.6) is 17.2 Å². The summed E-state index contributed by atoms with van der Waals surface area (Å²) in [7, 11) is 0. The summed E-state index contributed by atoms with van der Waals surface area (Å²) in [6.45, 7) is 11.1. The molecule has 0 amide bonds. The number of unbranched alkanes of at least 4 members (excludes halogenated alkanes) is 12. The minimum atomic E-state index is -1.23. The first-order valence-corrected chi connectivity index (χ1v) is 29.3. The molecule has 0 aliphatic carbocycles. The first kappa shape index (κ1) is 53.2. The van der Waals surface area contributed by atoms with Gasteiger partial charge in [0, 0.05) is 32.5 Å². The Bertz CT molecular complexity index is 3020. The number of aryl methyl sites for hydroxylation is 1. The summed E-state index contributed by atoms with van der Waals surface area (Å²) in [6.07, 6.45) is 21.1. The molecule has 0 unspecified atom stereocenters. The number of rotatable bonds is 30. The maximum absolute atomic E-state index is 11.9. The molecule has 0 radical (unpaired) electrons. The Morgan fingerprint density at radius 2 is 1.04 bits per heavy atom. The second-order valence-corrected chi connectivity index (χ2v) is 22.0. The first-order valence-electron chi connectivity index (χ1n) is 26.8. The Morgan fingerprint density at radius 1 is 0.575 bits per heavy atom. The van der Waals surface area contributed by atoms with Crippen molar-refractivity contribution < 1.29 is 24.1 Å². The van der Waals surface area contributed by atoms with Crippen LogP contribution in [0, 0.1) is 11.3 Å². The molecule has 8 nitrogen and oxygen atoms in total. The number of benzene rings is 4. The molecule has 0 aliphatic heterocycles. The van der Waals surface area contributed by atoms with Gasteiger partial charge in [0.1, 0.15) is 28.9 Å². The summed E-state index contributed by atoms with van der Waals surface area (Å²) in [6, 6.07) is 38.3. The number of hydrogen-bond donors (Lipinski definition) is 1. The average molecular weight is 1030 g/mol. The Labute approximate surface area is 444 Å². The number of anilines is 3. The molecule has 0 spiro atoms. The zero-order valence-corrected chi connectivity index (χ0v) is 45.6. The number of carbonyl (C=O) groups is 1. The molecule has 11 heteroatoms. The van der Waals surface area contributed by atoms with Gasteiger partial charge in [0.2, 0.25) is 0 Å². The maximum Gasteiger partial charge on any atom is 0.346 e. The van der Waals surface area contributed by atoms with Crippen molar-refractivity contribution in [2.75, 3.05) is 24.7 Å². The van der Waals surface area contributed by atoms with Crippen LogP contribution < -0.4 is 19.1 Å². The number of nitrogens with zero attached hydrogens (tertiary/aromatic N) is 3. The summed E-state index contributed by atoms with van der Waals surface area (Å²) < 4.78 is 25.7. The molecule has 4 heterocycles. The molecule has 4 aromatic carbocycles. The van der Waals surface area contributed by atoms with E-state index in [0.29, 0.717) is 6.61 Å². The van der Waals surface area contributed by atoms with Crippen LogP contribution in [-0.2, 0) is 11.2 Å². The smallest absolute Gasteiger partial charge is 0.346 e. The molecule has 382 valence electrons. The summed E-state index contributed by atoms with van der Waals surface area (Å²) in [5, 5.41) is 19.4. The molecular formula is C62H71N3O5S3. The van der Waals surface area contributed by atoms with E-state index in [4.69, 9.17) is 14.2 Å². The van der Waals surface area contributed by atoms with Crippen molar-refractivity contribution in [1.29, 1.82) is 5.26 Å². The second-order valence-electron chi connectivity index (χ2n) is 18.9. The van der Waals surface area contributed by atoms with Gasteiger partial charge in [0.15, 0.2) is 0 Å². The minimum Gasteiger partial charge on any atom is -0.494 e. The molecule has 0 fully saturated rings. The second kappa shape index (κ2) is 26.8. The highest BCUT2D eigenvalue weighted by Gasteiger charge is 2.26. The number of carboxylic acid groups (broad SMARTS) is 1. The van der Waals surface area contributed by atoms with Crippen molar-refractivity contribution in [2.45, 2.75) is 137 Å². The summed E-state index contributed by atoms with van der Waals surface area (Å²) in [4.78, 5) is 16.3. The monoisotopic (exact) mass is 1030 g/mol. The zero-order chi connectivity index (χ0) is 50.9. The lowest BCUT2D eigenvalue weighted by molar-refractivity contribution is -0.132. The zero-order valence-electron chi connectivity index (χ0n) is 43.2. The van der Waals surface area contributed by atoms with Crippen LogP contribution in [0.4, 0.5) is 17.1 Å². The van der Waals surface area contributed by atoms with E-state index >= 15 is 0 Å². The normalized spacial score (nSPS) is 11.7. The van der Waals surface area contributed by atoms with E-state index in [0.717, 1.165) is 107 Å². The van der Waals surface area contributed by atoms with Crippen molar-refractivity contribution in [3.05, 3.63) is 119 Å². The summed E-state index contributed by atoms with van der Waals surface area (Å²) >= 11 is 5.26. The van der Waals surface area contributed by atoms with E-state index in [2.05, 4.69) is 134 Å². The third kappa shape index (κ3) is 13.2. The number of nitriles is 1. The quantitative estimate of drug-likeness (QED) is 0.0272. The molecule has 0 bridgehead atoms. The lowest BCUT2D eigenvalue weighted by Gasteiger charge is -2.26. The molecule has 0 atom stereocenters. The third-order valence-corrected chi connectivity index (χ3v) is 17.3. The van der Waals surface area contributed by atoms with E-state index in [1.807, 2.05) is 34.8 Å². The van der Waals surface area contributed by atoms with Crippen LogP contribution >= 0.6 is 34.0 Å². The highest BCUT2D eigenvalue weighted by atomic mass is 32.1. The predicted molar refractivity (Wildman–Crippen MR) is 310 cm³/mol. The van der Waals surface area contributed by atoms with Gasteiger partial charge in [-0.05, 0) is 140 Å². The van der Waals surface area contributed by atoms with E-state index in [1.165, 1.54) is 112 Å². The van der Waals surface area contributed by atoms with Crippen LogP contribution in [0.3, 0.4) is 0 Å². The third-order valence-electron chi connectivity index (χ3n) is 13.4. The molecule has 0 saturated heterocycles. The molecule has 4 aromatic heterocycles. The van der Waals surface area contributed by atoms with Gasteiger partial charge in [0.05, 0.1) is 49.7 Å². The van der Waals surface area contributed by atoms with Gasteiger partial charge in [-0.25, -0.2) is 4.79 Å². The molecule has 8 rings (SSSR count). The molecule has 0 saturated carbocycles. The van der Waals surface area contributed by atoms with Crippen LogP contribution in [-0.4, -0.2) is 35.5 Å². The van der Waals surface area contributed by atoms with Gasteiger partial charge < -0.3 is 28.8 Å². The number of aromatic nitrogens is 1. The SMILES string of the molecule is CCCCCCOc1ccc(N(c2ccc(OCCCCCC)cc2)c2ccc(-c3sc4c(sc5c6sc(/C=C(\C#N)C(=O)O)cc6n(-c6ccc(OCCCCCC)cc6)c45)c3CCCCCC)cc2)cc1. The van der Waals surface area contributed by atoms with Crippen LogP contribution in [0.25, 0.3) is 52.0 Å². The Kier molecular flexibility index (Phi) is 19.5. The van der Waals surface area contributed by atoms with Crippen LogP contribution in [0.2, 0.25) is 0 Å². The molecule has 8 aromatic rings. The fraction of sp³-hybridized carbons (Fsp3) is 0.387. The number of thiophene rings is 3. The Hall–Kier alpha value is -6.06. The van der Waals surface area contributed by atoms with Gasteiger partial charge in [-0.15, -0.1) is 34.0 Å². The van der Waals surface area contributed by atoms with Gasteiger partial charge in [-0.3, -0.25) is 0 Å². The number of fused-ring (bicyclic) bond motifs is 5. The number of hydrogen-bond acceptors (Lipinski definition) is 9. The molecule has 1 N–H and O–H groups in total. The number of carboxylic acids is 1. The predicted octanol–water partition coefficient (Wildman–Crippen LogP) is 19.2. The van der Waals surface area contributed by atoms with Gasteiger partial charge >= 0.3 is 5.97 Å². The summed E-state index contributed by atoms with van der Waals surface area (Å²) in [5.41, 5.74) is 8.63. The van der Waals surface area contributed by atoms with Crippen LogP contribution in [0.1, 0.15) is 141 Å². The lowest BCUT2D eigenvalue weighted by atomic mass is 10.0. The van der Waals surface area contributed by atoms with Crippen molar-refractivity contribution in [3.8, 4) is 39.4 Å². The number of ether oxygens (including phenoxy) is 3. The van der Waals surface area contributed by atoms with Gasteiger partial charge in [0.25, 0.3) is 0 Å². The van der Waals surface area contributed by atoms with E-state index in [1.54, 1.807) is 11.3 Å². The van der Waals surface area contributed by atoms with Crippen LogP contribution in [0.15, 0.2) is 109 Å². The van der Waals surface area contributed by atoms with Crippen molar-refractivity contribution >= 4 is 93.0 Å². The largest absolute Gasteiger partial charge is 0.494 e. The molecule has 0 aliphatic rings. The fourth-order valence-electron chi connectivity index (χ4n) is 9.43. The standard InChI is InChI=1S/C62H71N3O5S3/c1-5-9-13-17-21-54-57(44-22-24-46(25-23-44)64(47-26-32-50(33-27-47)68-38-18-14-10-6-2)48-28-34-51(35-29-48)69-39-19-15-11-7-3)72-60-56-61(73-58(54)60)59-55(42-53(71-59)41-45(43-63)62(66)67)65(56)49-30-36-52(37-31-49)70-40-20-16-12-8-4/h22-37,41-42H,5-21,38-40H2,1-4H3,(H,66,67)/b45-41+. The van der Waals surface area contributed by atoms with Crippen molar-refractivity contribution in [3.63, 3.8) is 0 Å². The molecule has 73 heavy (non-hydrogen) atoms. The number of aliphatic carboxylic acids is 1. The van der Waals surface area contributed by atoms with Gasteiger partial charge in [-0.2, -0.15) is 5.26 Å². The topological polar surface area (TPSA) is 97.0 Å².